The summed E-state index contributed by atoms with van der Waals surface area (Å²) in [5.41, 5.74) is 4.70. The number of aliphatic hydroxyl groups excluding tert-OH is 1. The van der Waals surface area contributed by atoms with Crippen LogP contribution >= 0.6 is 11.8 Å². The van der Waals surface area contributed by atoms with Gasteiger partial charge in [0.15, 0.2) is 0 Å². The molecule has 1 heterocycles. The van der Waals surface area contributed by atoms with Crippen LogP contribution in [0.3, 0.4) is 0 Å². The largest absolute Gasteiger partial charge is 0.461 e. The lowest BCUT2D eigenvalue weighted by atomic mass is 9.44. The van der Waals surface area contributed by atoms with Gasteiger partial charge < -0.3 is 20.5 Å². The zero-order valence-corrected chi connectivity index (χ0v) is 26.3. The standard InChI is InChI=1S/C32H52N2O5S/c1-8-30(6)16-24(31(7)20(4)11-13-32(21(5)28(30)37)14-12-23(35)27(31)32)39-25(36)18-40-22-10-9-15-34(17-22)29(38)26(33)19(2)3/h8,19-22,24,26-28,37H,1,9-18,33H2,2-7H3/t20?,21-,22-,24+,26+,27?,28?,30+,31-,32?/m0/s1. The molecule has 1 amide bonds. The molecule has 4 aliphatic rings. The summed E-state index contributed by atoms with van der Waals surface area (Å²) in [6.07, 6.45) is 6.12. The number of esters is 1. The maximum atomic E-state index is 13.6. The van der Waals surface area contributed by atoms with Gasteiger partial charge in [0, 0.05) is 41.5 Å². The Morgan fingerprint density at radius 3 is 2.60 bits per heavy atom. The molecule has 10 atom stereocenters. The fourth-order valence-electron chi connectivity index (χ4n) is 8.65. The van der Waals surface area contributed by atoms with E-state index < -0.39 is 29.1 Å². The zero-order valence-electron chi connectivity index (χ0n) is 25.5. The Bertz CT molecular complexity index is 1000. The van der Waals surface area contributed by atoms with Gasteiger partial charge in [0.25, 0.3) is 0 Å². The summed E-state index contributed by atoms with van der Waals surface area (Å²) < 4.78 is 6.38. The highest BCUT2D eigenvalue weighted by Gasteiger charge is 2.68. The first-order chi connectivity index (χ1) is 18.7. The van der Waals surface area contributed by atoms with Crippen LogP contribution in [0.15, 0.2) is 12.7 Å². The van der Waals surface area contributed by atoms with Crippen LogP contribution in [-0.2, 0) is 19.1 Å². The normalized spacial score (nSPS) is 42.5. The molecule has 40 heavy (non-hydrogen) atoms. The molecule has 226 valence electrons. The third kappa shape index (κ3) is 5.30. The third-order valence-corrected chi connectivity index (χ3v) is 13.0. The van der Waals surface area contributed by atoms with Crippen molar-refractivity contribution in [3.05, 3.63) is 12.7 Å². The molecule has 0 radical (unpaired) electrons. The summed E-state index contributed by atoms with van der Waals surface area (Å²) in [5, 5.41) is 11.8. The molecule has 8 heteroatoms. The molecule has 4 rings (SSSR count). The van der Waals surface area contributed by atoms with Crippen molar-refractivity contribution in [1.82, 2.24) is 4.90 Å². The van der Waals surface area contributed by atoms with Gasteiger partial charge >= 0.3 is 5.97 Å². The molecule has 3 aliphatic carbocycles. The average molecular weight is 577 g/mol. The van der Waals surface area contributed by atoms with Crippen LogP contribution < -0.4 is 5.73 Å². The first kappa shape index (κ1) is 31.6. The number of hydrogen-bond acceptors (Lipinski definition) is 7. The molecule has 0 aromatic rings. The summed E-state index contributed by atoms with van der Waals surface area (Å²) in [5.74, 6) is 0.158. The third-order valence-electron chi connectivity index (χ3n) is 11.7. The monoisotopic (exact) mass is 576 g/mol. The molecule has 1 saturated heterocycles. The second kappa shape index (κ2) is 11.7. The maximum absolute atomic E-state index is 13.6. The Morgan fingerprint density at radius 2 is 1.95 bits per heavy atom. The van der Waals surface area contributed by atoms with Crippen LogP contribution in [0.1, 0.15) is 86.5 Å². The fourth-order valence-corrected chi connectivity index (χ4v) is 9.71. The van der Waals surface area contributed by atoms with E-state index in [1.165, 1.54) is 0 Å². The minimum Gasteiger partial charge on any atom is -0.461 e. The van der Waals surface area contributed by atoms with E-state index in [2.05, 4.69) is 27.4 Å². The van der Waals surface area contributed by atoms with Crippen molar-refractivity contribution in [2.24, 2.45) is 45.7 Å². The molecule has 0 spiro atoms. The van der Waals surface area contributed by atoms with Gasteiger partial charge in [-0.05, 0) is 61.7 Å². The molecule has 0 aromatic heterocycles. The van der Waals surface area contributed by atoms with Crippen LogP contribution in [0.5, 0.6) is 0 Å². The van der Waals surface area contributed by atoms with Crippen LogP contribution in [0.2, 0.25) is 0 Å². The van der Waals surface area contributed by atoms with Crippen molar-refractivity contribution in [1.29, 1.82) is 0 Å². The summed E-state index contributed by atoms with van der Waals surface area (Å²) >= 11 is 1.55. The van der Waals surface area contributed by atoms with Crippen LogP contribution in [-0.4, -0.2) is 70.0 Å². The van der Waals surface area contributed by atoms with Crippen LogP contribution in [0.25, 0.3) is 0 Å². The minimum absolute atomic E-state index is 0.0159. The number of Topliss-reactive ketones (excluding diaryl/α,β-unsaturated/α-hetero) is 1. The summed E-state index contributed by atoms with van der Waals surface area (Å²) in [6, 6.07) is -0.506. The van der Waals surface area contributed by atoms with Crippen LogP contribution in [0, 0.1) is 39.9 Å². The number of thioether (sulfide) groups is 1. The van der Waals surface area contributed by atoms with E-state index in [1.54, 1.807) is 11.8 Å². The number of carbonyl (C=O) groups is 3. The molecular formula is C32H52N2O5S. The number of likely N-dealkylation sites (tertiary alicyclic amines) is 1. The Balaban J connectivity index is 1.52. The van der Waals surface area contributed by atoms with E-state index in [0.29, 0.717) is 25.9 Å². The number of nitrogens with zero attached hydrogens (tertiary/aromatic N) is 1. The number of rotatable bonds is 7. The van der Waals surface area contributed by atoms with Crippen molar-refractivity contribution >= 4 is 29.4 Å². The van der Waals surface area contributed by atoms with Gasteiger partial charge in [-0.25, -0.2) is 0 Å². The second-order valence-electron chi connectivity index (χ2n) is 14.2. The predicted octanol–water partition coefficient (Wildman–Crippen LogP) is 4.60. The van der Waals surface area contributed by atoms with E-state index in [-0.39, 0.29) is 57.7 Å². The first-order valence-electron chi connectivity index (χ1n) is 15.4. The molecule has 4 fully saturated rings. The molecule has 1 aliphatic heterocycles. The van der Waals surface area contributed by atoms with E-state index in [1.807, 2.05) is 31.7 Å². The molecule has 4 unspecified atom stereocenters. The average Bonchev–Trinajstić information content (AvgIpc) is 3.29. The Hall–Kier alpha value is -1.38. The van der Waals surface area contributed by atoms with Gasteiger partial charge in [-0.15, -0.1) is 18.3 Å². The quantitative estimate of drug-likeness (QED) is 0.337. The van der Waals surface area contributed by atoms with Gasteiger partial charge in [0.05, 0.1) is 17.9 Å². The van der Waals surface area contributed by atoms with E-state index in [4.69, 9.17) is 10.5 Å². The highest BCUT2D eigenvalue weighted by atomic mass is 32.2. The number of amides is 1. The Labute approximate surface area is 245 Å². The molecule has 2 bridgehead atoms. The second-order valence-corrected chi connectivity index (χ2v) is 15.5. The lowest BCUT2D eigenvalue weighted by Gasteiger charge is -2.61. The number of hydrogen-bond donors (Lipinski definition) is 2. The zero-order chi connectivity index (χ0) is 29.6. The van der Waals surface area contributed by atoms with Crippen molar-refractivity contribution in [2.45, 2.75) is 110 Å². The summed E-state index contributed by atoms with van der Waals surface area (Å²) in [6.45, 7) is 17.8. The SMILES string of the molecule is C=C[C@]1(C)C[C@@H](OC(=O)CS[C@H]2CCCN(C(=O)[C@H](N)C(C)C)C2)[C@]2(C)C(C)CCC3(CCC(=O)C32)[C@@H](C)C1O. The summed E-state index contributed by atoms with van der Waals surface area (Å²) in [7, 11) is 0. The fraction of sp³-hybridized carbons (Fsp3) is 0.844. The van der Waals surface area contributed by atoms with Gasteiger partial charge in [-0.1, -0.05) is 47.6 Å². The topological polar surface area (TPSA) is 110 Å². The first-order valence-corrected chi connectivity index (χ1v) is 16.5. The lowest BCUT2D eigenvalue weighted by Crippen LogP contribution is -2.63. The summed E-state index contributed by atoms with van der Waals surface area (Å²) in [4.78, 5) is 41.7. The van der Waals surface area contributed by atoms with Crippen molar-refractivity contribution in [2.75, 3.05) is 18.8 Å². The predicted molar refractivity (Wildman–Crippen MR) is 160 cm³/mol. The number of piperidine rings is 1. The number of nitrogens with two attached hydrogens (primary N) is 1. The van der Waals surface area contributed by atoms with Gasteiger partial charge in [0.1, 0.15) is 11.9 Å². The van der Waals surface area contributed by atoms with E-state index in [9.17, 15) is 19.5 Å². The molecule has 7 nitrogen and oxygen atoms in total. The minimum atomic E-state index is -0.671. The van der Waals surface area contributed by atoms with Crippen molar-refractivity contribution < 1.29 is 24.2 Å². The molecular weight excluding hydrogens is 524 g/mol. The van der Waals surface area contributed by atoms with Gasteiger partial charge in [-0.2, -0.15) is 0 Å². The molecule has 3 saturated carbocycles. The number of aliphatic hydroxyl groups is 1. The van der Waals surface area contributed by atoms with Gasteiger partial charge in [0.2, 0.25) is 5.91 Å². The molecule has 3 N–H and O–H groups in total. The smallest absolute Gasteiger partial charge is 0.316 e. The number of carbonyl (C=O) groups excluding carboxylic acids is 3. The lowest BCUT2D eigenvalue weighted by molar-refractivity contribution is -0.205. The highest BCUT2D eigenvalue weighted by molar-refractivity contribution is 8.00. The van der Waals surface area contributed by atoms with Crippen molar-refractivity contribution in [3.63, 3.8) is 0 Å². The van der Waals surface area contributed by atoms with Gasteiger partial charge in [-0.3, -0.25) is 14.4 Å². The van der Waals surface area contributed by atoms with E-state index >= 15 is 0 Å². The number of ketones is 1. The van der Waals surface area contributed by atoms with Crippen LogP contribution in [0.4, 0.5) is 0 Å². The Morgan fingerprint density at radius 1 is 1.25 bits per heavy atom. The maximum Gasteiger partial charge on any atom is 0.316 e. The highest BCUT2D eigenvalue weighted by Crippen LogP contribution is 2.68. The number of ether oxygens (including phenoxy) is 1. The van der Waals surface area contributed by atoms with E-state index in [0.717, 1.165) is 32.1 Å². The Kier molecular flexibility index (Phi) is 9.24. The molecule has 0 aromatic carbocycles. The van der Waals surface area contributed by atoms with Crippen molar-refractivity contribution in [3.8, 4) is 0 Å².